The van der Waals surface area contributed by atoms with Gasteiger partial charge in [-0.05, 0) is 91.2 Å². The lowest BCUT2D eigenvalue weighted by molar-refractivity contribution is 0.256. The predicted octanol–water partition coefficient (Wildman–Crippen LogP) is 6.53. The van der Waals surface area contributed by atoms with Crippen molar-refractivity contribution in [2.45, 2.75) is 12.8 Å². The van der Waals surface area contributed by atoms with Gasteiger partial charge < -0.3 is 19.9 Å². The number of nitrogens with zero attached hydrogens (tertiary/aromatic N) is 4. The molecule has 0 radical (unpaired) electrons. The molecule has 2 N–H and O–H groups in total. The molecule has 204 valence electrons. The molecule has 0 saturated carbocycles. The maximum atomic E-state index is 12.3. The Morgan fingerprint density at radius 2 is 1.59 bits per heavy atom. The Morgan fingerprint density at radius 1 is 0.902 bits per heavy atom. The number of primary amides is 1. The van der Waals surface area contributed by atoms with E-state index in [2.05, 4.69) is 16.0 Å². The van der Waals surface area contributed by atoms with Crippen molar-refractivity contribution in [3.8, 4) is 29.1 Å². The third-order valence-corrected chi connectivity index (χ3v) is 6.41. The maximum absolute atomic E-state index is 12.3. The number of anilines is 2. The van der Waals surface area contributed by atoms with Crippen LogP contribution in [0.2, 0.25) is 0 Å². The van der Waals surface area contributed by atoms with Crippen molar-refractivity contribution in [2.24, 2.45) is 5.73 Å². The van der Waals surface area contributed by atoms with E-state index in [-0.39, 0.29) is 0 Å². The molecule has 0 saturated heterocycles. The van der Waals surface area contributed by atoms with Crippen molar-refractivity contribution in [1.82, 2.24) is 9.97 Å². The van der Waals surface area contributed by atoms with Gasteiger partial charge in [0.15, 0.2) is 0 Å². The minimum Gasteiger partial charge on any atom is -0.497 e. The van der Waals surface area contributed by atoms with Crippen LogP contribution in [0.1, 0.15) is 17.5 Å². The van der Waals surface area contributed by atoms with Crippen molar-refractivity contribution < 1.29 is 19.0 Å². The van der Waals surface area contributed by atoms with Crippen LogP contribution < -0.4 is 24.8 Å². The van der Waals surface area contributed by atoms with E-state index < -0.39 is 6.03 Å². The van der Waals surface area contributed by atoms with Crippen LogP contribution in [0.25, 0.3) is 10.9 Å². The van der Waals surface area contributed by atoms with Gasteiger partial charge in [0.05, 0.1) is 36.2 Å². The fraction of sp³-hybridized carbons (Fsp3) is 0.125. The molecule has 0 aliphatic heterocycles. The Kier molecular flexibility index (Phi) is 8.21. The van der Waals surface area contributed by atoms with E-state index in [1.165, 1.54) is 10.5 Å². The molecule has 5 rings (SSSR count). The highest BCUT2D eigenvalue weighted by Crippen LogP contribution is 2.34. The second-order valence-corrected chi connectivity index (χ2v) is 9.06. The molecule has 0 atom stereocenters. The Labute approximate surface area is 237 Å². The molecule has 0 aliphatic carbocycles. The zero-order chi connectivity index (χ0) is 28.6. The first-order chi connectivity index (χ1) is 20.1. The molecule has 0 bridgehead atoms. The molecule has 9 heteroatoms. The number of methoxy groups -OCH3 is 1. The lowest BCUT2D eigenvalue weighted by Crippen LogP contribution is -2.31. The van der Waals surface area contributed by atoms with Gasteiger partial charge >= 0.3 is 6.03 Å². The second kappa shape index (κ2) is 12.5. The van der Waals surface area contributed by atoms with Crippen molar-refractivity contribution >= 4 is 28.3 Å². The highest BCUT2D eigenvalue weighted by atomic mass is 16.5. The number of pyridine rings is 2. The van der Waals surface area contributed by atoms with Crippen LogP contribution in [0, 0.1) is 11.3 Å². The number of nitrogens with two attached hydrogens (primary N) is 1. The van der Waals surface area contributed by atoms with E-state index in [0.29, 0.717) is 57.4 Å². The van der Waals surface area contributed by atoms with Crippen molar-refractivity contribution in [3.63, 3.8) is 0 Å². The SMILES string of the molecule is COc1ccc(N(C(N)=O)c2ccc(Oc3ccnc4cc(OCCCc5ccncc5)c(C#N)cc34)cc2)cc1. The summed E-state index contributed by atoms with van der Waals surface area (Å²) in [5, 5.41) is 10.5. The van der Waals surface area contributed by atoms with Crippen LogP contribution >= 0.6 is 0 Å². The van der Waals surface area contributed by atoms with Gasteiger partial charge in [-0.2, -0.15) is 5.26 Å². The third kappa shape index (κ3) is 6.34. The summed E-state index contributed by atoms with van der Waals surface area (Å²) in [5.74, 6) is 2.22. The average molecular weight is 546 g/mol. The van der Waals surface area contributed by atoms with Gasteiger partial charge in [0.25, 0.3) is 0 Å². The number of aromatic nitrogens is 2. The molecule has 0 fully saturated rings. The number of rotatable bonds is 10. The van der Waals surface area contributed by atoms with Crippen LogP contribution in [0.4, 0.5) is 16.2 Å². The number of carbonyl (C=O) groups excluding carboxylic acids is 1. The topological polar surface area (TPSA) is 124 Å². The number of fused-ring (bicyclic) bond motifs is 1. The zero-order valence-electron chi connectivity index (χ0n) is 22.4. The summed E-state index contributed by atoms with van der Waals surface area (Å²) in [7, 11) is 1.58. The molecule has 2 amide bonds. The first kappa shape index (κ1) is 27.0. The molecule has 3 aromatic carbocycles. The van der Waals surface area contributed by atoms with Crippen LogP contribution in [-0.4, -0.2) is 29.7 Å². The van der Waals surface area contributed by atoms with Gasteiger partial charge in [0, 0.05) is 30.0 Å². The molecular weight excluding hydrogens is 518 g/mol. The summed E-state index contributed by atoms with van der Waals surface area (Å²) in [4.78, 5) is 22.1. The van der Waals surface area contributed by atoms with Crippen molar-refractivity contribution in [1.29, 1.82) is 5.26 Å². The Morgan fingerprint density at radius 3 is 2.22 bits per heavy atom. The molecular formula is C32H27N5O4. The average Bonchev–Trinajstić information content (AvgIpc) is 3.01. The summed E-state index contributed by atoms with van der Waals surface area (Å²) < 4.78 is 17.3. The number of aryl methyl sites for hydroxylation is 1. The lowest BCUT2D eigenvalue weighted by atomic mass is 10.1. The molecule has 0 unspecified atom stereocenters. The molecule has 2 aromatic heterocycles. The van der Waals surface area contributed by atoms with Crippen LogP contribution in [0.15, 0.2) is 97.5 Å². The maximum Gasteiger partial charge on any atom is 0.323 e. The Bertz CT molecular complexity index is 1680. The Hall–Kier alpha value is -5.62. The molecule has 5 aromatic rings. The van der Waals surface area contributed by atoms with E-state index >= 15 is 0 Å². The molecule has 41 heavy (non-hydrogen) atoms. The first-order valence-corrected chi connectivity index (χ1v) is 12.9. The van der Waals surface area contributed by atoms with Crippen LogP contribution in [0.3, 0.4) is 0 Å². The van der Waals surface area contributed by atoms with E-state index in [0.717, 1.165) is 12.8 Å². The molecule has 0 aliphatic rings. The summed E-state index contributed by atoms with van der Waals surface area (Å²) in [6.07, 6.45) is 6.83. The highest BCUT2D eigenvalue weighted by molar-refractivity contribution is 5.98. The van der Waals surface area contributed by atoms with E-state index in [9.17, 15) is 10.1 Å². The number of urea groups is 1. The van der Waals surface area contributed by atoms with Gasteiger partial charge in [-0.15, -0.1) is 0 Å². The summed E-state index contributed by atoms with van der Waals surface area (Å²) in [6.45, 7) is 0.462. The van der Waals surface area contributed by atoms with E-state index in [4.69, 9.17) is 19.9 Å². The minimum absolute atomic E-state index is 0.395. The largest absolute Gasteiger partial charge is 0.497 e. The molecule has 2 heterocycles. The van der Waals surface area contributed by atoms with Gasteiger partial charge in [-0.1, -0.05) is 0 Å². The summed E-state index contributed by atoms with van der Waals surface area (Å²) in [6, 6.07) is 24.8. The molecule has 9 nitrogen and oxygen atoms in total. The quantitative estimate of drug-likeness (QED) is 0.198. The Balaban J connectivity index is 1.32. The number of amides is 2. The smallest absolute Gasteiger partial charge is 0.323 e. The van der Waals surface area contributed by atoms with Crippen LogP contribution in [-0.2, 0) is 6.42 Å². The fourth-order valence-corrected chi connectivity index (χ4v) is 4.38. The number of hydrogen-bond donors (Lipinski definition) is 1. The van der Waals surface area contributed by atoms with Crippen molar-refractivity contribution in [3.05, 3.63) is 109 Å². The monoisotopic (exact) mass is 545 g/mol. The fourth-order valence-electron chi connectivity index (χ4n) is 4.38. The number of benzene rings is 3. The van der Waals surface area contributed by atoms with Gasteiger partial charge in [0.1, 0.15) is 29.1 Å². The van der Waals surface area contributed by atoms with Gasteiger partial charge in [0.2, 0.25) is 0 Å². The highest BCUT2D eigenvalue weighted by Gasteiger charge is 2.16. The number of ether oxygens (including phenoxy) is 3. The lowest BCUT2D eigenvalue weighted by Gasteiger charge is -2.21. The van der Waals surface area contributed by atoms with Crippen LogP contribution in [0.5, 0.6) is 23.0 Å². The van der Waals surface area contributed by atoms with E-state index in [1.807, 2.05) is 12.1 Å². The van der Waals surface area contributed by atoms with Gasteiger partial charge in [-0.25, -0.2) is 4.79 Å². The van der Waals surface area contributed by atoms with E-state index in [1.54, 1.807) is 92.4 Å². The summed E-state index contributed by atoms with van der Waals surface area (Å²) in [5.41, 5.74) is 9.08. The predicted molar refractivity (Wildman–Crippen MR) is 156 cm³/mol. The second-order valence-electron chi connectivity index (χ2n) is 9.06. The first-order valence-electron chi connectivity index (χ1n) is 12.9. The number of hydrogen-bond acceptors (Lipinski definition) is 7. The molecule has 0 spiro atoms. The normalized spacial score (nSPS) is 10.5. The minimum atomic E-state index is -0.622. The zero-order valence-corrected chi connectivity index (χ0v) is 22.4. The van der Waals surface area contributed by atoms with Crippen molar-refractivity contribution in [2.75, 3.05) is 18.6 Å². The number of carbonyl (C=O) groups is 1. The third-order valence-electron chi connectivity index (χ3n) is 6.41. The summed E-state index contributed by atoms with van der Waals surface area (Å²) >= 11 is 0. The standard InChI is InChI=1S/C32H27N5O4/c1-39-26-8-4-24(5-9-26)37(32(34)38)25-6-10-27(11-7-25)41-30-14-17-36-29-20-31(23(21-33)19-28(29)30)40-18-2-3-22-12-15-35-16-13-22/h4-17,19-20H,2-3,18H2,1H3,(H2,34,38). The van der Waals surface area contributed by atoms with Gasteiger partial charge in [-0.3, -0.25) is 14.9 Å². The number of nitriles is 1.